The first-order valence-electron chi connectivity index (χ1n) is 10.5. The summed E-state index contributed by atoms with van der Waals surface area (Å²) in [6.45, 7) is 6.84. The quantitative estimate of drug-likeness (QED) is 0.643. The Kier molecular flexibility index (Phi) is 7.09. The first-order valence-corrected chi connectivity index (χ1v) is 11.9. The van der Waals surface area contributed by atoms with Crippen molar-refractivity contribution in [1.82, 2.24) is 9.21 Å². The fraction of sp³-hybridized carbons (Fsp3) is 0.435. The summed E-state index contributed by atoms with van der Waals surface area (Å²) >= 11 is 0. The summed E-state index contributed by atoms with van der Waals surface area (Å²) < 4.78 is 27.0. The van der Waals surface area contributed by atoms with Crippen LogP contribution in [0, 0.1) is 0 Å². The van der Waals surface area contributed by atoms with Crippen molar-refractivity contribution in [3.63, 3.8) is 0 Å². The Labute approximate surface area is 174 Å². The second-order valence-electron chi connectivity index (χ2n) is 7.51. The molecule has 0 saturated carbocycles. The Hall–Kier alpha value is -2.18. The fourth-order valence-corrected chi connectivity index (χ4v) is 5.28. The standard InChI is InChI=1S/C23H30N2O3S/c1-3-14-24(15-4-2)23(26)21-9-7-8-20(18-21)19-10-12-22(13-11-19)29(27,28)25-16-5-6-17-25/h7-13,18H,3-6,14-17H2,1-2H3. The van der Waals surface area contributed by atoms with Crippen LogP contribution in [0.2, 0.25) is 0 Å². The van der Waals surface area contributed by atoms with Crippen LogP contribution in [0.5, 0.6) is 0 Å². The van der Waals surface area contributed by atoms with Crippen LogP contribution in [-0.2, 0) is 10.0 Å². The van der Waals surface area contributed by atoms with Crippen LogP contribution in [0.3, 0.4) is 0 Å². The molecule has 6 heteroatoms. The maximum atomic E-state index is 12.9. The molecular formula is C23H30N2O3S. The highest BCUT2D eigenvalue weighted by Crippen LogP contribution is 2.26. The van der Waals surface area contributed by atoms with Crippen LogP contribution in [0.25, 0.3) is 11.1 Å². The van der Waals surface area contributed by atoms with Gasteiger partial charge in [-0.1, -0.05) is 38.1 Å². The molecule has 156 valence electrons. The van der Waals surface area contributed by atoms with Crippen molar-refractivity contribution in [3.05, 3.63) is 54.1 Å². The second kappa shape index (κ2) is 9.55. The first-order chi connectivity index (χ1) is 14.0. The highest BCUT2D eigenvalue weighted by atomic mass is 32.2. The summed E-state index contributed by atoms with van der Waals surface area (Å²) in [5.74, 6) is 0.0452. The van der Waals surface area contributed by atoms with Crippen molar-refractivity contribution in [2.24, 2.45) is 0 Å². The molecule has 0 spiro atoms. The van der Waals surface area contributed by atoms with E-state index in [1.165, 1.54) is 0 Å². The van der Waals surface area contributed by atoms with Crippen LogP contribution in [0.4, 0.5) is 0 Å². The van der Waals surface area contributed by atoms with E-state index in [4.69, 9.17) is 0 Å². The maximum absolute atomic E-state index is 12.9. The molecule has 1 saturated heterocycles. The lowest BCUT2D eigenvalue weighted by molar-refractivity contribution is 0.0755. The van der Waals surface area contributed by atoms with Crippen LogP contribution < -0.4 is 0 Å². The van der Waals surface area contributed by atoms with Gasteiger partial charge in [0.05, 0.1) is 4.90 Å². The van der Waals surface area contributed by atoms with Gasteiger partial charge in [0.1, 0.15) is 0 Å². The van der Waals surface area contributed by atoms with Crippen LogP contribution in [0.15, 0.2) is 53.4 Å². The van der Waals surface area contributed by atoms with Gasteiger partial charge in [-0.2, -0.15) is 4.31 Å². The molecule has 2 aromatic carbocycles. The van der Waals surface area contributed by atoms with E-state index in [0.717, 1.165) is 49.9 Å². The Morgan fingerprint density at radius 1 is 0.931 bits per heavy atom. The van der Waals surface area contributed by atoms with Gasteiger partial charge in [-0.05, 0) is 61.1 Å². The molecule has 1 amide bonds. The average molecular weight is 415 g/mol. The maximum Gasteiger partial charge on any atom is 0.253 e. The highest BCUT2D eigenvalue weighted by Gasteiger charge is 2.27. The summed E-state index contributed by atoms with van der Waals surface area (Å²) in [7, 11) is -3.41. The molecule has 0 N–H and O–H groups in total. The number of sulfonamides is 1. The molecular weight excluding hydrogens is 384 g/mol. The third-order valence-corrected chi connectivity index (χ3v) is 7.19. The molecule has 1 heterocycles. The zero-order valence-corrected chi connectivity index (χ0v) is 18.1. The molecule has 1 fully saturated rings. The SMILES string of the molecule is CCCN(CCC)C(=O)c1cccc(-c2ccc(S(=O)(=O)N3CCCC3)cc2)c1. The molecule has 0 aromatic heterocycles. The number of nitrogens with zero attached hydrogens (tertiary/aromatic N) is 2. The zero-order valence-electron chi connectivity index (χ0n) is 17.3. The van der Waals surface area contributed by atoms with Gasteiger partial charge in [-0.3, -0.25) is 4.79 Å². The van der Waals surface area contributed by atoms with E-state index in [2.05, 4.69) is 13.8 Å². The minimum Gasteiger partial charge on any atom is -0.339 e. The lowest BCUT2D eigenvalue weighted by atomic mass is 10.0. The Balaban J connectivity index is 1.82. The minimum atomic E-state index is -3.41. The van der Waals surface area contributed by atoms with Gasteiger partial charge in [-0.15, -0.1) is 0 Å². The van der Waals surface area contributed by atoms with Gasteiger partial charge < -0.3 is 4.90 Å². The summed E-state index contributed by atoms with van der Waals surface area (Å²) in [5, 5.41) is 0. The topological polar surface area (TPSA) is 57.7 Å². The van der Waals surface area contributed by atoms with Gasteiger partial charge in [0.15, 0.2) is 0 Å². The summed E-state index contributed by atoms with van der Waals surface area (Å²) in [4.78, 5) is 15.1. The van der Waals surface area contributed by atoms with Crippen molar-refractivity contribution in [3.8, 4) is 11.1 Å². The number of rotatable bonds is 8. The molecule has 0 radical (unpaired) electrons. The number of benzene rings is 2. The predicted octanol–water partition coefficient (Wildman–Crippen LogP) is 4.40. The van der Waals surface area contributed by atoms with E-state index in [1.807, 2.05) is 41.3 Å². The average Bonchev–Trinajstić information content (AvgIpc) is 3.29. The lowest BCUT2D eigenvalue weighted by Crippen LogP contribution is -2.32. The van der Waals surface area contributed by atoms with Crippen molar-refractivity contribution in [2.45, 2.75) is 44.4 Å². The monoisotopic (exact) mass is 414 g/mol. The van der Waals surface area contributed by atoms with Crippen molar-refractivity contribution in [2.75, 3.05) is 26.2 Å². The number of carbonyl (C=O) groups excluding carboxylic acids is 1. The third kappa shape index (κ3) is 4.87. The van der Waals surface area contributed by atoms with Crippen LogP contribution >= 0.6 is 0 Å². The molecule has 2 aromatic rings. The summed E-state index contributed by atoms with van der Waals surface area (Å²) in [6, 6.07) is 14.5. The van der Waals surface area contributed by atoms with Gasteiger partial charge in [0, 0.05) is 31.7 Å². The van der Waals surface area contributed by atoms with E-state index in [0.29, 0.717) is 23.5 Å². The second-order valence-corrected chi connectivity index (χ2v) is 9.45. The van der Waals surface area contributed by atoms with Crippen molar-refractivity contribution < 1.29 is 13.2 Å². The summed E-state index contributed by atoms with van der Waals surface area (Å²) in [6.07, 6.45) is 3.70. The van der Waals surface area contributed by atoms with E-state index in [9.17, 15) is 13.2 Å². The van der Waals surface area contributed by atoms with E-state index in [1.54, 1.807) is 16.4 Å². The molecule has 1 aliphatic heterocycles. The number of amides is 1. The Bertz CT molecular complexity index is 927. The van der Waals surface area contributed by atoms with Crippen LogP contribution in [0.1, 0.15) is 49.9 Å². The van der Waals surface area contributed by atoms with E-state index >= 15 is 0 Å². The molecule has 3 rings (SSSR count). The molecule has 0 bridgehead atoms. The normalized spacial score (nSPS) is 14.8. The molecule has 0 aliphatic carbocycles. The minimum absolute atomic E-state index is 0.0452. The van der Waals surface area contributed by atoms with Gasteiger partial charge in [0.2, 0.25) is 10.0 Å². The largest absolute Gasteiger partial charge is 0.339 e. The van der Waals surface area contributed by atoms with Crippen molar-refractivity contribution >= 4 is 15.9 Å². The number of hydrogen-bond acceptors (Lipinski definition) is 3. The highest BCUT2D eigenvalue weighted by molar-refractivity contribution is 7.89. The smallest absolute Gasteiger partial charge is 0.253 e. The van der Waals surface area contributed by atoms with E-state index in [-0.39, 0.29) is 5.91 Å². The van der Waals surface area contributed by atoms with E-state index < -0.39 is 10.0 Å². The molecule has 5 nitrogen and oxygen atoms in total. The molecule has 1 aliphatic rings. The molecule has 0 unspecified atom stereocenters. The van der Waals surface area contributed by atoms with Gasteiger partial charge in [-0.25, -0.2) is 8.42 Å². The fourth-order valence-electron chi connectivity index (χ4n) is 3.77. The zero-order chi connectivity index (χ0) is 20.9. The van der Waals surface area contributed by atoms with Crippen LogP contribution in [-0.4, -0.2) is 49.7 Å². The predicted molar refractivity (Wildman–Crippen MR) is 116 cm³/mol. The molecule has 0 atom stereocenters. The molecule has 29 heavy (non-hydrogen) atoms. The first kappa shape index (κ1) is 21.5. The Morgan fingerprint density at radius 3 is 2.14 bits per heavy atom. The third-order valence-electron chi connectivity index (χ3n) is 5.27. The number of hydrogen-bond donors (Lipinski definition) is 0. The lowest BCUT2D eigenvalue weighted by Gasteiger charge is -2.21. The van der Waals surface area contributed by atoms with Gasteiger partial charge >= 0.3 is 0 Å². The number of carbonyl (C=O) groups is 1. The van der Waals surface area contributed by atoms with Gasteiger partial charge in [0.25, 0.3) is 5.91 Å². The summed E-state index contributed by atoms with van der Waals surface area (Å²) in [5.41, 5.74) is 2.48. The van der Waals surface area contributed by atoms with Crippen molar-refractivity contribution in [1.29, 1.82) is 0 Å². The Morgan fingerprint density at radius 2 is 1.55 bits per heavy atom.